The number of nitrogens with one attached hydrogen (secondary N) is 2. The van der Waals surface area contributed by atoms with Crippen LogP contribution in [0.1, 0.15) is 72.3 Å². The van der Waals surface area contributed by atoms with Crippen molar-refractivity contribution in [3.8, 4) is 0 Å². The van der Waals surface area contributed by atoms with Crippen LogP contribution >= 0.6 is 0 Å². The van der Waals surface area contributed by atoms with E-state index in [1.807, 2.05) is 0 Å². The fourth-order valence-corrected chi connectivity index (χ4v) is 2.73. The molecule has 0 spiro atoms. The van der Waals surface area contributed by atoms with Gasteiger partial charge < -0.3 is 10.6 Å². The summed E-state index contributed by atoms with van der Waals surface area (Å²) in [4.78, 5) is 39.3. The predicted molar refractivity (Wildman–Crippen MR) is 106 cm³/mol. The standard InChI is InChI=1S/C20H28N6O2/c27-19(17-15-21-11-13-23-17)25-9-7-5-3-1-2-4-6-8-10-26-20(28)18-16-22-12-14-24-18/h11-16H,1-10H2,(H,25,27)(H,26,28). The van der Waals surface area contributed by atoms with Crippen LogP contribution in [-0.2, 0) is 0 Å². The second-order valence-electron chi connectivity index (χ2n) is 6.52. The van der Waals surface area contributed by atoms with Gasteiger partial charge in [-0.05, 0) is 12.8 Å². The molecule has 0 aliphatic carbocycles. The van der Waals surface area contributed by atoms with Crippen molar-refractivity contribution in [1.82, 2.24) is 30.6 Å². The van der Waals surface area contributed by atoms with Crippen molar-refractivity contribution in [2.45, 2.75) is 51.4 Å². The van der Waals surface area contributed by atoms with Crippen molar-refractivity contribution in [3.63, 3.8) is 0 Å². The van der Waals surface area contributed by atoms with Gasteiger partial charge in [0.1, 0.15) is 11.4 Å². The van der Waals surface area contributed by atoms with Gasteiger partial charge in [-0.15, -0.1) is 0 Å². The maximum atomic E-state index is 11.8. The lowest BCUT2D eigenvalue weighted by molar-refractivity contribution is 0.0939. The molecule has 8 nitrogen and oxygen atoms in total. The van der Waals surface area contributed by atoms with Crippen LogP contribution in [0.25, 0.3) is 0 Å². The normalized spacial score (nSPS) is 10.4. The van der Waals surface area contributed by atoms with Crippen LogP contribution in [0, 0.1) is 0 Å². The molecule has 2 heterocycles. The molecule has 8 heteroatoms. The summed E-state index contributed by atoms with van der Waals surface area (Å²) in [5.74, 6) is -0.334. The molecule has 0 saturated heterocycles. The highest BCUT2D eigenvalue weighted by atomic mass is 16.2. The van der Waals surface area contributed by atoms with Gasteiger partial charge in [-0.1, -0.05) is 38.5 Å². The van der Waals surface area contributed by atoms with Crippen molar-refractivity contribution >= 4 is 11.8 Å². The highest BCUT2D eigenvalue weighted by Crippen LogP contribution is 2.08. The summed E-state index contributed by atoms with van der Waals surface area (Å²) in [7, 11) is 0. The van der Waals surface area contributed by atoms with Crippen LogP contribution in [0.3, 0.4) is 0 Å². The van der Waals surface area contributed by atoms with Gasteiger partial charge in [0.25, 0.3) is 11.8 Å². The first-order chi connectivity index (χ1) is 13.8. The first-order valence-electron chi connectivity index (χ1n) is 9.86. The molecule has 2 aromatic heterocycles. The van der Waals surface area contributed by atoms with E-state index in [0.29, 0.717) is 24.5 Å². The second-order valence-corrected chi connectivity index (χ2v) is 6.52. The highest BCUT2D eigenvalue weighted by Gasteiger charge is 2.06. The predicted octanol–water partition coefficient (Wildman–Crippen LogP) is 2.55. The largest absolute Gasteiger partial charge is 0.351 e. The summed E-state index contributed by atoms with van der Waals surface area (Å²) in [6.45, 7) is 1.34. The zero-order valence-electron chi connectivity index (χ0n) is 16.1. The SMILES string of the molecule is O=C(NCCCCCCCCCCNC(=O)c1cnccn1)c1cnccn1. The summed E-state index contributed by atoms with van der Waals surface area (Å²) in [6, 6.07) is 0. The molecular formula is C20H28N6O2. The molecule has 150 valence electrons. The Hall–Kier alpha value is -2.90. The number of hydrogen-bond acceptors (Lipinski definition) is 6. The summed E-state index contributed by atoms with van der Waals surface area (Å²) in [5, 5.41) is 5.72. The average molecular weight is 384 g/mol. The Labute approximate surface area is 165 Å². The fraction of sp³-hybridized carbons (Fsp3) is 0.500. The van der Waals surface area contributed by atoms with Gasteiger partial charge in [0.2, 0.25) is 0 Å². The molecule has 2 aromatic rings. The summed E-state index contributed by atoms with van der Waals surface area (Å²) < 4.78 is 0. The third-order valence-electron chi connectivity index (χ3n) is 4.27. The van der Waals surface area contributed by atoms with E-state index < -0.39 is 0 Å². The van der Waals surface area contributed by atoms with Crippen molar-refractivity contribution in [2.24, 2.45) is 0 Å². The van der Waals surface area contributed by atoms with E-state index in [1.54, 1.807) is 12.4 Å². The molecule has 0 fully saturated rings. The van der Waals surface area contributed by atoms with Crippen molar-refractivity contribution in [1.29, 1.82) is 0 Å². The molecule has 2 amide bonds. The molecule has 0 aromatic carbocycles. The summed E-state index contributed by atoms with van der Waals surface area (Å²) in [6.07, 6.45) is 18.0. The molecule has 0 bridgehead atoms. The summed E-state index contributed by atoms with van der Waals surface area (Å²) >= 11 is 0. The van der Waals surface area contributed by atoms with Crippen LogP contribution in [0.4, 0.5) is 0 Å². The number of nitrogens with zero attached hydrogens (tertiary/aromatic N) is 4. The molecule has 0 aliphatic rings. The number of carbonyl (C=O) groups is 2. The first kappa shape index (κ1) is 21.4. The van der Waals surface area contributed by atoms with E-state index in [9.17, 15) is 9.59 Å². The second kappa shape index (κ2) is 13.3. The molecule has 2 N–H and O–H groups in total. The van der Waals surface area contributed by atoms with E-state index in [2.05, 4.69) is 30.6 Å². The van der Waals surface area contributed by atoms with Crippen molar-refractivity contribution in [3.05, 3.63) is 48.6 Å². The number of unbranched alkanes of at least 4 members (excludes halogenated alkanes) is 7. The van der Waals surface area contributed by atoms with Crippen LogP contribution < -0.4 is 10.6 Å². The minimum absolute atomic E-state index is 0.167. The van der Waals surface area contributed by atoms with Crippen LogP contribution in [0.2, 0.25) is 0 Å². The lowest BCUT2D eigenvalue weighted by Gasteiger charge is -2.05. The van der Waals surface area contributed by atoms with Gasteiger partial charge in [0.05, 0.1) is 12.4 Å². The fourth-order valence-electron chi connectivity index (χ4n) is 2.73. The van der Waals surface area contributed by atoms with Gasteiger partial charge in [-0.25, -0.2) is 9.97 Å². The Bertz CT molecular complexity index is 635. The lowest BCUT2D eigenvalue weighted by atomic mass is 10.1. The Balaban J connectivity index is 1.36. The zero-order valence-corrected chi connectivity index (χ0v) is 16.1. The smallest absolute Gasteiger partial charge is 0.271 e. The number of hydrogen-bond donors (Lipinski definition) is 2. The summed E-state index contributed by atoms with van der Waals surface area (Å²) in [5.41, 5.74) is 0.714. The highest BCUT2D eigenvalue weighted by molar-refractivity contribution is 5.92. The van der Waals surface area contributed by atoms with E-state index in [0.717, 1.165) is 25.7 Å². The minimum atomic E-state index is -0.167. The van der Waals surface area contributed by atoms with Gasteiger partial charge in [0.15, 0.2) is 0 Å². The van der Waals surface area contributed by atoms with Gasteiger partial charge in [-0.3, -0.25) is 19.6 Å². The molecule has 0 atom stereocenters. The van der Waals surface area contributed by atoms with E-state index >= 15 is 0 Å². The van der Waals surface area contributed by atoms with Gasteiger partial charge >= 0.3 is 0 Å². The van der Waals surface area contributed by atoms with Crippen molar-refractivity contribution in [2.75, 3.05) is 13.1 Å². The topological polar surface area (TPSA) is 110 Å². The number of amides is 2. The number of aromatic nitrogens is 4. The van der Waals surface area contributed by atoms with Gasteiger partial charge in [0, 0.05) is 37.9 Å². The third kappa shape index (κ3) is 8.66. The quantitative estimate of drug-likeness (QED) is 0.514. The monoisotopic (exact) mass is 384 g/mol. The molecular weight excluding hydrogens is 356 g/mol. The first-order valence-corrected chi connectivity index (χ1v) is 9.86. The van der Waals surface area contributed by atoms with Crippen LogP contribution in [0.5, 0.6) is 0 Å². The lowest BCUT2D eigenvalue weighted by Crippen LogP contribution is -2.25. The molecule has 0 unspecified atom stereocenters. The number of carbonyl (C=O) groups excluding carboxylic acids is 2. The van der Waals surface area contributed by atoms with E-state index in [4.69, 9.17) is 0 Å². The van der Waals surface area contributed by atoms with Crippen LogP contribution in [0.15, 0.2) is 37.2 Å². The maximum absolute atomic E-state index is 11.8. The Morgan fingerprint density at radius 2 is 1.00 bits per heavy atom. The van der Waals surface area contributed by atoms with E-state index in [-0.39, 0.29) is 11.8 Å². The van der Waals surface area contributed by atoms with Crippen LogP contribution in [-0.4, -0.2) is 44.8 Å². The minimum Gasteiger partial charge on any atom is -0.351 e. The van der Waals surface area contributed by atoms with Crippen molar-refractivity contribution < 1.29 is 9.59 Å². The Kier molecular flexibility index (Phi) is 10.2. The zero-order chi connectivity index (χ0) is 19.9. The molecule has 0 aliphatic heterocycles. The number of rotatable bonds is 13. The molecule has 28 heavy (non-hydrogen) atoms. The van der Waals surface area contributed by atoms with E-state index in [1.165, 1.54) is 50.5 Å². The molecule has 0 radical (unpaired) electrons. The third-order valence-corrected chi connectivity index (χ3v) is 4.27. The van der Waals surface area contributed by atoms with Gasteiger partial charge in [-0.2, -0.15) is 0 Å². The molecule has 2 rings (SSSR count). The molecule has 0 saturated carbocycles. The average Bonchev–Trinajstić information content (AvgIpc) is 2.75. The maximum Gasteiger partial charge on any atom is 0.271 e. The Morgan fingerprint density at radius 1 is 0.607 bits per heavy atom. The Morgan fingerprint density at radius 3 is 1.36 bits per heavy atom.